The molecule has 8 nitrogen and oxygen atoms in total. The number of thioether (sulfide) groups is 1. The maximum absolute atomic E-state index is 12.4. The van der Waals surface area contributed by atoms with Crippen molar-refractivity contribution in [2.45, 2.75) is 12.1 Å². The second kappa shape index (κ2) is 9.74. The highest BCUT2D eigenvalue weighted by Crippen LogP contribution is 2.38. The molecule has 2 heterocycles. The lowest BCUT2D eigenvalue weighted by Gasteiger charge is -2.08. The fourth-order valence-corrected chi connectivity index (χ4v) is 5.04. The number of nitrogens with one attached hydrogen (secondary N) is 1. The van der Waals surface area contributed by atoms with Crippen LogP contribution >= 0.6 is 34.7 Å². The first-order chi connectivity index (χ1) is 15.8. The van der Waals surface area contributed by atoms with E-state index in [1.807, 2.05) is 29.8 Å². The predicted molar refractivity (Wildman–Crippen MR) is 132 cm³/mol. The Balaban J connectivity index is 1.50. The van der Waals surface area contributed by atoms with Gasteiger partial charge in [-0.25, -0.2) is 0 Å². The molecule has 2 aromatic heterocycles. The van der Waals surface area contributed by atoms with Crippen LogP contribution in [0.25, 0.3) is 22.5 Å². The van der Waals surface area contributed by atoms with Gasteiger partial charge in [-0.15, -0.1) is 21.5 Å². The van der Waals surface area contributed by atoms with Gasteiger partial charge in [0.1, 0.15) is 0 Å². The van der Waals surface area contributed by atoms with Crippen LogP contribution in [0.2, 0.25) is 5.02 Å². The molecule has 0 aliphatic heterocycles. The van der Waals surface area contributed by atoms with Crippen molar-refractivity contribution in [1.29, 1.82) is 0 Å². The Kier molecular flexibility index (Phi) is 6.77. The number of non-ortho nitro benzene ring substituents is 1. The fourth-order valence-electron chi connectivity index (χ4n) is 3.30. The number of carbonyl (C=O) groups is 1. The number of hydrogen-bond donors (Lipinski definition) is 1. The zero-order valence-electron chi connectivity index (χ0n) is 17.6. The molecule has 0 spiro atoms. The molecular formula is C22H18ClN5O3S2. The summed E-state index contributed by atoms with van der Waals surface area (Å²) < 4.78 is 1.85. The quantitative estimate of drug-likeness (QED) is 0.195. The Morgan fingerprint density at radius 1 is 1.24 bits per heavy atom. The lowest BCUT2D eigenvalue weighted by atomic mass is 10.0. The van der Waals surface area contributed by atoms with Crippen LogP contribution in [-0.2, 0) is 11.8 Å². The molecule has 0 fully saturated rings. The lowest BCUT2D eigenvalue weighted by Crippen LogP contribution is -2.15. The number of rotatable bonds is 7. The number of nitro groups is 1. The van der Waals surface area contributed by atoms with E-state index < -0.39 is 4.92 Å². The first kappa shape index (κ1) is 23.0. The van der Waals surface area contributed by atoms with Gasteiger partial charge in [0.2, 0.25) is 5.91 Å². The minimum absolute atomic E-state index is 0.0409. The van der Waals surface area contributed by atoms with Crippen molar-refractivity contribution in [1.82, 2.24) is 14.8 Å². The van der Waals surface area contributed by atoms with Crippen LogP contribution in [0, 0.1) is 17.0 Å². The number of nitrogens with zero attached hydrogens (tertiary/aromatic N) is 4. The normalized spacial score (nSPS) is 10.9. The topological polar surface area (TPSA) is 103 Å². The molecule has 0 saturated carbocycles. The van der Waals surface area contributed by atoms with E-state index in [1.54, 1.807) is 11.3 Å². The Morgan fingerprint density at radius 2 is 2.00 bits per heavy atom. The van der Waals surface area contributed by atoms with Crippen LogP contribution in [0.15, 0.2) is 59.1 Å². The Labute approximate surface area is 202 Å². The highest BCUT2D eigenvalue weighted by molar-refractivity contribution is 7.99. The molecule has 0 unspecified atom stereocenters. The molecule has 1 N–H and O–H groups in total. The summed E-state index contributed by atoms with van der Waals surface area (Å²) in [5, 5.41) is 25.1. The molecule has 0 aliphatic rings. The third kappa shape index (κ3) is 4.92. The number of carbonyl (C=O) groups excluding carboxylic acids is 1. The molecule has 168 valence electrons. The number of anilines is 1. The summed E-state index contributed by atoms with van der Waals surface area (Å²) in [6, 6.07) is 14.0. The summed E-state index contributed by atoms with van der Waals surface area (Å²) in [6.07, 6.45) is 0. The van der Waals surface area contributed by atoms with E-state index >= 15 is 0 Å². The molecule has 33 heavy (non-hydrogen) atoms. The molecule has 4 rings (SSSR count). The Morgan fingerprint density at radius 3 is 2.73 bits per heavy atom. The minimum atomic E-state index is -0.544. The average molecular weight is 500 g/mol. The molecule has 1 amide bonds. The summed E-state index contributed by atoms with van der Waals surface area (Å²) in [4.78, 5) is 24.0. The summed E-state index contributed by atoms with van der Waals surface area (Å²) in [6.45, 7) is 2.08. The van der Waals surface area contributed by atoms with Gasteiger partial charge < -0.3 is 9.88 Å². The molecule has 11 heteroatoms. The smallest absolute Gasteiger partial charge is 0.271 e. The SMILES string of the molecule is Cc1scc(-c2nnc(SCC(=O)Nc3cc([N+](=O)[O-])ccc3Cl)n2C)c1-c1ccccc1. The maximum Gasteiger partial charge on any atom is 0.271 e. The number of hydrogen-bond acceptors (Lipinski definition) is 7. The lowest BCUT2D eigenvalue weighted by molar-refractivity contribution is -0.384. The van der Waals surface area contributed by atoms with Crippen molar-refractivity contribution in [3.8, 4) is 22.5 Å². The first-order valence-electron chi connectivity index (χ1n) is 9.75. The van der Waals surface area contributed by atoms with Crippen molar-refractivity contribution < 1.29 is 9.72 Å². The number of benzene rings is 2. The van der Waals surface area contributed by atoms with E-state index in [2.05, 4.69) is 40.0 Å². The van der Waals surface area contributed by atoms with Crippen LogP contribution in [0.4, 0.5) is 11.4 Å². The van der Waals surface area contributed by atoms with Crippen molar-refractivity contribution >= 4 is 52.0 Å². The van der Waals surface area contributed by atoms with Crippen molar-refractivity contribution in [2.24, 2.45) is 7.05 Å². The van der Waals surface area contributed by atoms with Gasteiger partial charge in [0, 0.05) is 40.6 Å². The number of halogens is 1. The van der Waals surface area contributed by atoms with Crippen LogP contribution < -0.4 is 5.32 Å². The number of nitro benzene ring substituents is 1. The minimum Gasteiger partial charge on any atom is -0.324 e. The van der Waals surface area contributed by atoms with Crippen LogP contribution in [0.5, 0.6) is 0 Å². The first-order valence-corrected chi connectivity index (χ1v) is 12.0. The van der Waals surface area contributed by atoms with Gasteiger partial charge in [-0.2, -0.15) is 0 Å². The predicted octanol–water partition coefficient (Wildman–Crippen LogP) is 5.81. The molecule has 4 aromatic rings. The summed E-state index contributed by atoms with van der Waals surface area (Å²) in [7, 11) is 1.86. The van der Waals surface area contributed by atoms with Crippen LogP contribution in [-0.4, -0.2) is 31.3 Å². The highest BCUT2D eigenvalue weighted by Gasteiger charge is 2.20. The Hall–Kier alpha value is -3.21. The van der Waals surface area contributed by atoms with Gasteiger partial charge in [0.05, 0.1) is 21.4 Å². The molecular weight excluding hydrogens is 482 g/mol. The summed E-state index contributed by atoms with van der Waals surface area (Å²) in [5.41, 5.74) is 3.25. The third-order valence-electron chi connectivity index (χ3n) is 4.88. The second-order valence-electron chi connectivity index (χ2n) is 7.07. The largest absolute Gasteiger partial charge is 0.324 e. The highest BCUT2D eigenvalue weighted by atomic mass is 35.5. The van der Waals surface area contributed by atoms with E-state index in [1.165, 1.54) is 34.8 Å². The zero-order chi connectivity index (χ0) is 23.5. The van der Waals surface area contributed by atoms with Gasteiger partial charge in [-0.3, -0.25) is 14.9 Å². The summed E-state index contributed by atoms with van der Waals surface area (Å²) in [5.74, 6) is 0.394. The number of aryl methyl sites for hydroxylation is 1. The Bertz CT molecular complexity index is 1340. The van der Waals surface area contributed by atoms with Gasteiger partial charge in [0.15, 0.2) is 11.0 Å². The van der Waals surface area contributed by atoms with E-state index in [0.717, 1.165) is 16.7 Å². The second-order valence-corrected chi connectivity index (χ2v) is 9.50. The average Bonchev–Trinajstić information content (AvgIpc) is 3.36. The molecule has 0 saturated heterocycles. The maximum atomic E-state index is 12.4. The third-order valence-corrected chi connectivity index (χ3v) is 7.14. The summed E-state index contributed by atoms with van der Waals surface area (Å²) >= 11 is 8.92. The van der Waals surface area contributed by atoms with Gasteiger partial charge in [-0.05, 0) is 18.6 Å². The van der Waals surface area contributed by atoms with Gasteiger partial charge >= 0.3 is 0 Å². The monoisotopic (exact) mass is 499 g/mol. The van der Waals surface area contributed by atoms with E-state index in [4.69, 9.17) is 11.6 Å². The molecule has 0 atom stereocenters. The number of amides is 1. The number of thiophene rings is 1. The molecule has 0 radical (unpaired) electrons. The fraction of sp³-hybridized carbons (Fsp3) is 0.136. The molecule has 0 aliphatic carbocycles. The van der Waals surface area contributed by atoms with Crippen LogP contribution in [0.1, 0.15) is 4.88 Å². The van der Waals surface area contributed by atoms with Crippen molar-refractivity contribution in [2.75, 3.05) is 11.1 Å². The van der Waals surface area contributed by atoms with Crippen molar-refractivity contribution in [3.63, 3.8) is 0 Å². The van der Waals surface area contributed by atoms with Gasteiger partial charge in [0.25, 0.3) is 5.69 Å². The molecule has 0 bridgehead atoms. The van der Waals surface area contributed by atoms with E-state index in [-0.39, 0.29) is 28.1 Å². The van der Waals surface area contributed by atoms with E-state index in [0.29, 0.717) is 11.0 Å². The van der Waals surface area contributed by atoms with Gasteiger partial charge in [-0.1, -0.05) is 53.7 Å². The zero-order valence-corrected chi connectivity index (χ0v) is 20.0. The van der Waals surface area contributed by atoms with E-state index in [9.17, 15) is 14.9 Å². The van der Waals surface area contributed by atoms with Crippen molar-refractivity contribution in [3.05, 3.63) is 73.9 Å². The number of aromatic nitrogens is 3. The van der Waals surface area contributed by atoms with Crippen LogP contribution in [0.3, 0.4) is 0 Å². The standard InChI is InChI=1S/C22H18ClN5O3S2/c1-13-20(14-6-4-3-5-7-14)16(11-32-13)21-25-26-22(27(21)2)33-12-19(29)24-18-10-15(28(30)31)8-9-17(18)23/h3-11H,12H2,1-2H3,(H,24,29). The molecule has 2 aromatic carbocycles.